The zero-order valence-electron chi connectivity index (χ0n) is 9.19. The molecule has 0 bridgehead atoms. The van der Waals surface area contributed by atoms with E-state index in [-0.39, 0.29) is 11.3 Å². The summed E-state index contributed by atoms with van der Waals surface area (Å²) < 4.78 is 3.62. The van der Waals surface area contributed by atoms with Crippen LogP contribution in [0.5, 0.6) is 0 Å². The Bertz CT molecular complexity index is 347. The molecule has 88 valence electrons. The number of hydrogen-bond donors (Lipinski definition) is 2. The molecule has 1 aliphatic rings. The number of rotatable bonds is 3. The van der Waals surface area contributed by atoms with Gasteiger partial charge in [0.15, 0.2) is 0 Å². The number of carbonyl (C=O) groups is 1. The molecule has 0 aliphatic carbocycles. The molecule has 1 aromatic rings. The molecular formula is C9H15N5OS. The molecule has 1 saturated heterocycles. The van der Waals surface area contributed by atoms with Crippen LogP contribution in [0.1, 0.15) is 26.2 Å². The molecule has 1 aromatic heterocycles. The van der Waals surface area contributed by atoms with Crippen molar-refractivity contribution in [2.75, 3.05) is 18.4 Å². The van der Waals surface area contributed by atoms with Crippen molar-refractivity contribution in [3.63, 3.8) is 0 Å². The van der Waals surface area contributed by atoms with Crippen molar-refractivity contribution >= 4 is 22.6 Å². The average Bonchev–Trinajstić information content (AvgIpc) is 2.82. The lowest BCUT2D eigenvalue weighted by Gasteiger charge is -2.34. The molecule has 0 radical (unpaired) electrons. The third kappa shape index (κ3) is 2.19. The summed E-state index contributed by atoms with van der Waals surface area (Å²) in [5, 5.41) is 13.7. The summed E-state index contributed by atoms with van der Waals surface area (Å²) >= 11 is 1.10. The van der Waals surface area contributed by atoms with Crippen LogP contribution in [0.15, 0.2) is 0 Å². The highest BCUT2D eigenvalue weighted by molar-refractivity contribution is 7.09. The maximum atomic E-state index is 12.2. The van der Waals surface area contributed by atoms with Gasteiger partial charge in [-0.1, -0.05) is 16.5 Å². The Morgan fingerprint density at radius 1 is 1.56 bits per heavy atom. The maximum absolute atomic E-state index is 12.2. The number of nitrogens with zero attached hydrogens (tertiary/aromatic N) is 3. The topological polar surface area (TPSA) is 79.8 Å². The fourth-order valence-corrected chi connectivity index (χ4v) is 2.42. The standard InChI is InChI=1S/C9H15N5OS/c1-2-9(3-5-10-6-4-9)7(15)11-8-12-13-14-16-8/h10H,2-6H2,1H3,(H,11,12,14,15). The molecule has 2 rings (SSSR count). The van der Waals surface area contributed by atoms with Gasteiger partial charge in [0, 0.05) is 11.5 Å². The molecule has 0 saturated carbocycles. The van der Waals surface area contributed by atoms with E-state index >= 15 is 0 Å². The van der Waals surface area contributed by atoms with Gasteiger partial charge >= 0.3 is 0 Å². The second-order valence-corrected chi connectivity index (χ2v) is 4.74. The Balaban J connectivity index is 2.06. The first kappa shape index (κ1) is 11.4. The van der Waals surface area contributed by atoms with Crippen molar-refractivity contribution in [3.8, 4) is 0 Å². The minimum atomic E-state index is -0.253. The lowest BCUT2D eigenvalue weighted by Crippen LogP contribution is -2.44. The van der Waals surface area contributed by atoms with Gasteiger partial charge in [0.2, 0.25) is 11.0 Å². The molecule has 1 amide bonds. The summed E-state index contributed by atoms with van der Waals surface area (Å²) in [6.07, 6.45) is 2.61. The minimum Gasteiger partial charge on any atom is -0.317 e. The third-order valence-electron chi connectivity index (χ3n) is 3.24. The molecule has 0 atom stereocenters. The Morgan fingerprint density at radius 3 is 2.88 bits per heavy atom. The predicted octanol–water partition coefficient (Wildman–Crippen LogP) is 0.651. The number of anilines is 1. The molecule has 0 unspecified atom stereocenters. The molecule has 6 nitrogen and oxygen atoms in total. The fourth-order valence-electron chi connectivity index (χ4n) is 2.06. The second kappa shape index (κ2) is 4.84. The van der Waals surface area contributed by atoms with E-state index in [0.717, 1.165) is 43.9 Å². The monoisotopic (exact) mass is 241 g/mol. The highest BCUT2D eigenvalue weighted by Crippen LogP contribution is 2.33. The number of aromatic nitrogens is 3. The maximum Gasteiger partial charge on any atom is 0.232 e. The second-order valence-electron chi connectivity index (χ2n) is 4.01. The normalized spacial score (nSPS) is 19.3. The van der Waals surface area contributed by atoms with Gasteiger partial charge in [0.25, 0.3) is 0 Å². The van der Waals surface area contributed by atoms with Crippen LogP contribution in [0.3, 0.4) is 0 Å². The van der Waals surface area contributed by atoms with Gasteiger partial charge in [-0.25, -0.2) is 0 Å². The zero-order valence-corrected chi connectivity index (χ0v) is 10.0. The van der Waals surface area contributed by atoms with Crippen LogP contribution in [0.2, 0.25) is 0 Å². The Kier molecular flexibility index (Phi) is 3.45. The molecule has 1 fully saturated rings. The van der Waals surface area contributed by atoms with Crippen LogP contribution in [0, 0.1) is 5.41 Å². The average molecular weight is 241 g/mol. The van der Waals surface area contributed by atoms with Crippen LogP contribution in [0.25, 0.3) is 0 Å². The molecule has 0 aromatic carbocycles. The lowest BCUT2D eigenvalue weighted by molar-refractivity contribution is -0.127. The molecular weight excluding hydrogens is 226 g/mol. The van der Waals surface area contributed by atoms with E-state index in [0.29, 0.717) is 5.13 Å². The lowest BCUT2D eigenvalue weighted by atomic mass is 9.76. The van der Waals surface area contributed by atoms with Gasteiger partial charge in [0.1, 0.15) is 0 Å². The van der Waals surface area contributed by atoms with E-state index in [9.17, 15) is 4.79 Å². The van der Waals surface area contributed by atoms with E-state index in [4.69, 9.17) is 0 Å². The number of carbonyl (C=O) groups excluding carboxylic acids is 1. The van der Waals surface area contributed by atoms with E-state index in [1.54, 1.807) is 0 Å². The zero-order chi connectivity index (χ0) is 11.4. The smallest absolute Gasteiger partial charge is 0.232 e. The summed E-state index contributed by atoms with van der Waals surface area (Å²) in [4.78, 5) is 12.2. The van der Waals surface area contributed by atoms with Crippen molar-refractivity contribution in [3.05, 3.63) is 0 Å². The van der Waals surface area contributed by atoms with Crippen molar-refractivity contribution in [1.29, 1.82) is 0 Å². The van der Waals surface area contributed by atoms with Crippen LogP contribution < -0.4 is 10.6 Å². The largest absolute Gasteiger partial charge is 0.317 e. The first-order chi connectivity index (χ1) is 7.77. The van der Waals surface area contributed by atoms with Gasteiger partial charge in [-0.05, 0) is 37.6 Å². The first-order valence-corrected chi connectivity index (χ1v) is 6.21. The molecule has 7 heteroatoms. The Morgan fingerprint density at radius 2 is 2.31 bits per heavy atom. The molecule has 0 spiro atoms. The first-order valence-electron chi connectivity index (χ1n) is 5.44. The van der Waals surface area contributed by atoms with Gasteiger partial charge in [-0.2, -0.15) is 0 Å². The molecule has 16 heavy (non-hydrogen) atoms. The Labute approximate surface area is 98.0 Å². The highest BCUT2D eigenvalue weighted by Gasteiger charge is 2.38. The highest BCUT2D eigenvalue weighted by atomic mass is 32.1. The van der Waals surface area contributed by atoms with E-state index in [2.05, 4.69) is 32.4 Å². The van der Waals surface area contributed by atoms with Crippen molar-refractivity contribution in [2.24, 2.45) is 5.41 Å². The predicted molar refractivity (Wildman–Crippen MR) is 61.2 cm³/mol. The van der Waals surface area contributed by atoms with Crippen LogP contribution in [-0.2, 0) is 4.79 Å². The van der Waals surface area contributed by atoms with E-state index in [1.807, 2.05) is 0 Å². The molecule has 1 aliphatic heterocycles. The number of piperidine rings is 1. The van der Waals surface area contributed by atoms with E-state index in [1.165, 1.54) is 0 Å². The van der Waals surface area contributed by atoms with Crippen LogP contribution in [-0.4, -0.2) is 33.8 Å². The quantitative estimate of drug-likeness (QED) is 0.812. The minimum absolute atomic E-state index is 0.0510. The third-order valence-corrected chi connectivity index (χ3v) is 3.75. The van der Waals surface area contributed by atoms with Crippen molar-refractivity contribution in [1.82, 2.24) is 20.1 Å². The van der Waals surface area contributed by atoms with E-state index < -0.39 is 0 Å². The van der Waals surface area contributed by atoms with Gasteiger partial charge in [-0.3, -0.25) is 10.1 Å². The number of hydrogen-bond acceptors (Lipinski definition) is 6. The summed E-state index contributed by atoms with van der Waals surface area (Å²) in [5.41, 5.74) is -0.253. The summed E-state index contributed by atoms with van der Waals surface area (Å²) in [6.45, 7) is 3.86. The number of nitrogens with one attached hydrogen (secondary N) is 2. The summed E-state index contributed by atoms with van der Waals surface area (Å²) in [5.74, 6) is 0.0510. The van der Waals surface area contributed by atoms with Crippen molar-refractivity contribution in [2.45, 2.75) is 26.2 Å². The fraction of sp³-hybridized carbons (Fsp3) is 0.778. The van der Waals surface area contributed by atoms with Crippen molar-refractivity contribution < 1.29 is 4.79 Å². The van der Waals surface area contributed by atoms with Gasteiger partial charge in [-0.15, -0.1) is 0 Å². The van der Waals surface area contributed by atoms with Gasteiger partial charge in [0.05, 0.1) is 5.41 Å². The summed E-state index contributed by atoms with van der Waals surface area (Å²) in [7, 11) is 0. The van der Waals surface area contributed by atoms with Crippen LogP contribution >= 0.6 is 11.5 Å². The van der Waals surface area contributed by atoms with Crippen LogP contribution in [0.4, 0.5) is 5.13 Å². The number of amides is 1. The summed E-state index contributed by atoms with van der Waals surface area (Å²) in [6, 6.07) is 0. The molecule has 2 N–H and O–H groups in total. The SMILES string of the molecule is CCC1(C(=O)Nc2nnns2)CCNCC1. The molecule has 2 heterocycles. The van der Waals surface area contributed by atoms with Gasteiger partial charge < -0.3 is 5.32 Å². The Hall–Kier alpha value is -1.08.